The summed E-state index contributed by atoms with van der Waals surface area (Å²) in [5.41, 5.74) is 0.0627. The number of hydrogen-bond acceptors (Lipinski definition) is 4. The van der Waals surface area contributed by atoms with Crippen molar-refractivity contribution in [3.8, 4) is 0 Å². The van der Waals surface area contributed by atoms with Crippen molar-refractivity contribution in [3.05, 3.63) is 17.9 Å². The molecule has 0 fully saturated rings. The molecular weight excluding hydrogens is 297 g/mol. The monoisotopic (exact) mass is 309 g/mol. The molecule has 0 saturated carbocycles. The number of benzene rings is 1. The molecule has 0 aliphatic carbocycles. The SMILES string of the molecule is CN1c2cc(F)c(NS(C)(=O)=O)cc2N(C)S1(=O)=O. The topological polar surface area (TPSA) is 86.8 Å². The molecule has 0 saturated heterocycles. The first-order chi connectivity index (χ1) is 8.54. The number of hydrogen-bond donors (Lipinski definition) is 1. The maximum Gasteiger partial charge on any atom is 0.326 e. The van der Waals surface area contributed by atoms with Crippen molar-refractivity contribution in [1.29, 1.82) is 0 Å². The summed E-state index contributed by atoms with van der Waals surface area (Å²) in [4.78, 5) is 0. The van der Waals surface area contributed by atoms with Crippen molar-refractivity contribution in [1.82, 2.24) is 0 Å². The Labute approximate surface area is 110 Å². The largest absolute Gasteiger partial charge is 0.326 e. The zero-order chi connectivity index (χ0) is 14.6. The highest BCUT2D eigenvalue weighted by Crippen LogP contribution is 2.41. The Bertz CT molecular complexity index is 745. The second-order valence-electron chi connectivity index (χ2n) is 4.14. The lowest BCUT2D eigenvalue weighted by Gasteiger charge is -2.13. The summed E-state index contributed by atoms with van der Waals surface area (Å²) in [6.45, 7) is 0. The smallest absolute Gasteiger partial charge is 0.281 e. The van der Waals surface area contributed by atoms with Gasteiger partial charge in [-0.05, 0) is 6.07 Å². The van der Waals surface area contributed by atoms with Gasteiger partial charge in [0.1, 0.15) is 5.82 Å². The zero-order valence-corrected chi connectivity index (χ0v) is 12.0. The first-order valence-corrected chi connectivity index (χ1v) is 8.37. The lowest BCUT2D eigenvalue weighted by atomic mass is 10.2. The van der Waals surface area contributed by atoms with Crippen molar-refractivity contribution in [2.24, 2.45) is 0 Å². The lowest BCUT2D eigenvalue weighted by molar-refractivity contribution is 0.595. The van der Waals surface area contributed by atoms with Gasteiger partial charge in [0.25, 0.3) is 0 Å². The lowest BCUT2D eigenvalue weighted by Crippen LogP contribution is -2.32. The minimum atomic E-state index is -3.72. The predicted octanol–water partition coefficient (Wildman–Crippen LogP) is 0.328. The van der Waals surface area contributed by atoms with Gasteiger partial charge >= 0.3 is 10.2 Å². The fourth-order valence-electron chi connectivity index (χ4n) is 1.77. The molecule has 1 aromatic carbocycles. The van der Waals surface area contributed by atoms with Gasteiger partial charge in [-0.2, -0.15) is 8.42 Å². The van der Waals surface area contributed by atoms with Gasteiger partial charge in [0.15, 0.2) is 0 Å². The van der Waals surface area contributed by atoms with Crippen LogP contribution in [0.3, 0.4) is 0 Å². The van der Waals surface area contributed by atoms with E-state index < -0.39 is 26.0 Å². The van der Waals surface area contributed by atoms with E-state index in [2.05, 4.69) is 0 Å². The van der Waals surface area contributed by atoms with E-state index in [1.807, 2.05) is 4.72 Å². The highest BCUT2D eigenvalue weighted by molar-refractivity contribution is 7.94. The quantitative estimate of drug-likeness (QED) is 0.853. The Morgan fingerprint density at radius 1 is 1.16 bits per heavy atom. The number of nitrogens with one attached hydrogen (secondary N) is 1. The normalized spacial score (nSPS) is 17.5. The molecule has 0 spiro atoms. The summed E-state index contributed by atoms with van der Waals surface area (Å²) >= 11 is 0. The summed E-state index contributed by atoms with van der Waals surface area (Å²) < 4.78 is 63.5. The maximum atomic E-state index is 13.8. The molecule has 0 radical (unpaired) electrons. The molecule has 0 bridgehead atoms. The number of sulfonamides is 1. The Kier molecular flexibility index (Phi) is 2.90. The van der Waals surface area contributed by atoms with Crippen LogP contribution < -0.4 is 13.3 Å². The van der Waals surface area contributed by atoms with Gasteiger partial charge in [0.05, 0.1) is 23.3 Å². The summed E-state index contributed by atoms with van der Waals surface area (Å²) in [5, 5.41) is 0. The predicted molar refractivity (Wildman–Crippen MR) is 70.6 cm³/mol. The molecule has 0 aromatic heterocycles. The first-order valence-electron chi connectivity index (χ1n) is 5.08. The molecular formula is C9H12FN3O4S2. The minimum absolute atomic E-state index is 0.152. The van der Waals surface area contributed by atoms with E-state index in [1.54, 1.807) is 0 Å². The van der Waals surface area contributed by atoms with E-state index in [0.29, 0.717) is 0 Å². The van der Waals surface area contributed by atoms with Crippen LogP contribution in [0.2, 0.25) is 0 Å². The third-order valence-electron chi connectivity index (χ3n) is 2.73. The summed E-state index contributed by atoms with van der Waals surface area (Å²) in [6, 6.07) is 2.12. The van der Waals surface area contributed by atoms with Crippen molar-refractivity contribution >= 4 is 37.3 Å². The molecule has 10 heteroatoms. The van der Waals surface area contributed by atoms with E-state index in [1.165, 1.54) is 14.1 Å². The number of rotatable bonds is 2. The Morgan fingerprint density at radius 3 is 2.11 bits per heavy atom. The molecule has 2 rings (SSSR count). The van der Waals surface area contributed by atoms with Gasteiger partial charge in [0, 0.05) is 20.2 Å². The van der Waals surface area contributed by atoms with Gasteiger partial charge in [-0.25, -0.2) is 12.8 Å². The van der Waals surface area contributed by atoms with Gasteiger partial charge in [-0.1, -0.05) is 0 Å². The molecule has 0 unspecified atom stereocenters. The summed E-state index contributed by atoms with van der Waals surface area (Å²) in [7, 11) is -4.77. The molecule has 0 amide bonds. The van der Waals surface area contributed by atoms with Crippen LogP contribution in [0.1, 0.15) is 0 Å². The molecule has 1 aliphatic rings. The van der Waals surface area contributed by atoms with Gasteiger partial charge in [0.2, 0.25) is 10.0 Å². The van der Waals surface area contributed by atoms with Crippen molar-refractivity contribution in [3.63, 3.8) is 0 Å². The summed E-state index contributed by atoms with van der Waals surface area (Å²) in [5.74, 6) is -0.846. The van der Waals surface area contributed by atoms with E-state index in [0.717, 1.165) is 27.0 Å². The molecule has 7 nitrogen and oxygen atoms in total. The average Bonchev–Trinajstić information content (AvgIpc) is 2.41. The Hall–Kier alpha value is -1.55. The molecule has 1 aromatic rings. The van der Waals surface area contributed by atoms with Crippen LogP contribution in [-0.4, -0.2) is 37.2 Å². The third kappa shape index (κ3) is 2.21. The van der Waals surface area contributed by atoms with Gasteiger partial charge in [-0.3, -0.25) is 13.3 Å². The molecule has 0 atom stereocenters. The van der Waals surface area contributed by atoms with E-state index in [9.17, 15) is 21.2 Å². The second kappa shape index (κ2) is 3.97. The number of fused-ring (bicyclic) bond motifs is 1. The van der Waals surface area contributed by atoms with E-state index >= 15 is 0 Å². The van der Waals surface area contributed by atoms with Gasteiger partial charge < -0.3 is 0 Å². The highest BCUT2D eigenvalue weighted by atomic mass is 32.2. The van der Waals surface area contributed by atoms with Crippen molar-refractivity contribution < 1.29 is 21.2 Å². The van der Waals surface area contributed by atoms with Crippen LogP contribution in [0.15, 0.2) is 12.1 Å². The van der Waals surface area contributed by atoms with Crippen LogP contribution in [0.25, 0.3) is 0 Å². The standard InChI is InChI=1S/C9H12FN3O4S2/c1-12-8-4-6(10)7(11-18(3,14)15)5-9(8)13(2)19(12,16)17/h4-5,11H,1-3H3. The maximum absolute atomic E-state index is 13.8. The fraction of sp³-hybridized carbons (Fsp3) is 0.333. The van der Waals surface area contributed by atoms with Crippen LogP contribution in [-0.2, 0) is 20.2 Å². The van der Waals surface area contributed by atoms with Crippen LogP contribution >= 0.6 is 0 Å². The van der Waals surface area contributed by atoms with E-state index in [4.69, 9.17) is 0 Å². The molecule has 19 heavy (non-hydrogen) atoms. The average molecular weight is 309 g/mol. The van der Waals surface area contributed by atoms with Crippen molar-refractivity contribution in [2.75, 3.05) is 33.7 Å². The third-order valence-corrected chi connectivity index (χ3v) is 5.10. The number of halogens is 1. The van der Waals surface area contributed by atoms with Crippen molar-refractivity contribution in [2.45, 2.75) is 0 Å². The number of nitrogens with zero attached hydrogens (tertiary/aromatic N) is 2. The molecule has 106 valence electrons. The minimum Gasteiger partial charge on any atom is -0.281 e. The number of anilines is 3. The Morgan fingerprint density at radius 2 is 1.63 bits per heavy atom. The Balaban J connectivity index is 2.61. The van der Waals surface area contributed by atoms with Crippen LogP contribution in [0.4, 0.5) is 21.5 Å². The first kappa shape index (κ1) is 13.9. The molecule has 1 N–H and O–H groups in total. The van der Waals surface area contributed by atoms with Crippen LogP contribution in [0.5, 0.6) is 0 Å². The van der Waals surface area contributed by atoms with E-state index in [-0.39, 0.29) is 17.1 Å². The zero-order valence-electron chi connectivity index (χ0n) is 10.4. The molecule has 1 heterocycles. The summed E-state index contributed by atoms with van der Waals surface area (Å²) in [6.07, 6.45) is 0.881. The molecule has 1 aliphatic heterocycles. The van der Waals surface area contributed by atoms with Gasteiger partial charge in [-0.15, -0.1) is 0 Å². The van der Waals surface area contributed by atoms with Crippen LogP contribution in [0, 0.1) is 5.82 Å². The second-order valence-corrected chi connectivity index (χ2v) is 7.88. The fourth-order valence-corrected chi connectivity index (χ4v) is 3.48. The highest BCUT2D eigenvalue weighted by Gasteiger charge is 2.36.